The van der Waals surface area contributed by atoms with Gasteiger partial charge in [0, 0.05) is 46.9 Å². The number of fused-ring (bicyclic) bond motifs is 3. The molecule has 0 aliphatic carbocycles. The molecule has 0 radical (unpaired) electrons. The molecule has 5 heterocycles. The molecular formula is C29H22FN7. The van der Waals surface area contributed by atoms with E-state index in [1.54, 1.807) is 12.1 Å². The van der Waals surface area contributed by atoms with Crippen LogP contribution in [0.4, 0.5) is 4.39 Å². The van der Waals surface area contributed by atoms with E-state index < -0.39 is 5.54 Å². The average molecular weight is 488 g/mol. The lowest BCUT2D eigenvalue weighted by molar-refractivity contribution is 0.350. The topological polar surface area (TPSA) is 95.2 Å². The van der Waals surface area contributed by atoms with E-state index in [0.717, 1.165) is 27.9 Å². The summed E-state index contributed by atoms with van der Waals surface area (Å²) in [5, 5.41) is 12.7. The van der Waals surface area contributed by atoms with Gasteiger partial charge in [0.1, 0.15) is 17.2 Å². The summed E-state index contributed by atoms with van der Waals surface area (Å²) in [5.74, 6) is 0.947. The molecule has 1 aliphatic rings. The molecule has 3 N–H and O–H groups in total. The third-order valence-corrected chi connectivity index (χ3v) is 7.15. The number of hydrogen-bond acceptors (Lipinski definition) is 5. The van der Waals surface area contributed by atoms with E-state index in [1.807, 2.05) is 55.1 Å². The first kappa shape index (κ1) is 21.6. The number of rotatable bonds is 4. The predicted molar refractivity (Wildman–Crippen MR) is 138 cm³/mol. The number of halogens is 1. The van der Waals surface area contributed by atoms with Gasteiger partial charge in [-0.05, 0) is 77.7 Å². The number of aromatic amines is 2. The fourth-order valence-corrected chi connectivity index (χ4v) is 5.47. The summed E-state index contributed by atoms with van der Waals surface area (Å²) in [4.78, 5) is 17.1. The lowest BCUT2D eigenvalue weighted by Crippen LogP contribution is -2.51. The normalized spacial score (nSPS) is 16.5. The van der Waals surface area contributed by atoms with E-state index >= 15 is 0 Å². The summed E-state index contributed by atoms with van der Waals surface area (Å²) in [7, 11) is 0. The van der Waals surface area contributed by atoms with Crippen molar-refractivity contribution in [2.75, 3.05) is 0 Å². The first-order valence-electron chi connectivity index (χ1n) is 12.1. The Kier molecular flexibility index (Phi) is 4.93. The summed E-state index contributed by atoms with van der Waals surface area (Å²) in [6, 6.07) is 22.5. The Balaban J connectivity index is 1.44. The maximum absolute atomic E-state index is 13.5. The highest BCUT2D eigenvalue weighted by atomic mass is 19.1. The minimum Gasteiger partial charge on any atom is -0.356 e. The zero-order chi connectivity index (χ0) is 24.8. The highest BCUT2D eigenvalue weighted by molar-refractivity contribution is 5.86. The second-order valence-corrected chi connectivity index (χ2v) is 9.20. The minimum atomic E-state index is -0.716. The molecule has 0 saturated carbocycles. The van der Waals surface area contributed by atoms with Crippen LogP contribution in [0.3, 0.4) is 0 Å². The number of nitrogens with zero attached hydrogens (tertiary/aromatic N) is 4. The van der Waals surface area contributed by atoms with Crippen molar-refractivity contribution in [3.63, 3.8) is 0 Å². The number of H-pyrrole nitrogens is 2. The fourth-order valence-electron chi connectivity index (χ4n) is 5.47. The van der Waals surface area contributed by atoms with Crippen LogP contribution in [0.5, 0.6) is 0 Å². The van der Waals surface area contributed by atoms with E-state index in [4.69, 9.17) is 4.98 Å². The predicted octanol–water partition coefficient (Wildman–Crippen LogP) is 5.06. The smallest absolute Gasteiger partial charge is 0.181 e. The first-order valence-corrected chi connectivity index (χ1v) is 12.1. The number of nitrogens with one attached hydrogen (secondary N) is 3. The van der Waals surface area contributed by atoms with Crippen molar-refractivity contribution < 1.29 is 4.39 Å². The van der Waals surface area contributed by atoms with E-state index in [-0.39, 0.29) is 11.9 Å². The second-order valence-electron chi connectivity index (χ2n) is 9.20. The summed E-state index contributed by atoms with van der Waals surface area (Å²) in [6.45, 7) is 0. The van der Waals surface area contributed by atoms with Crippen molar-refractivity contribution in [1.82, 2.24) is 35.5 Å². The molecule has 4 aromatic heterocycles. The van der Waals surface area contributed by atoms with Gasteiger partial charge in [0.25, 0.3) is 0 Å². The largest absolute Gasteiger partial charge is 0.356 e. The monoisotopic (exact) mass is 487 g/mol. The van der Waals surface area contributed by atoms with Crippen LogP contribution in [0, 0.1) is 5.82 Å². The molecule has 1 aliphatic heterocycles. The van der Waals surface area contributed by atoms with Crippen LogP contribution in [0.15, 0.2) is 97.6 Å². The van der Waals surface area contributed by atoms with Gasteiger partial charge in [0.2, 0.25) is 0 Å². The van der Waals surface area contributed by atoms with Gasteiger partial charge in [0.15, 0.2) is 5.82 Å². The standard InChI is InChI=1S/C29H22FN7/c30-21-7-5-18(6-8-21)27-34-28(37-36-27)25-17-23-22-3-1-2-4-24(22)33-26(23)29(35-25,19-9-13-31-14-10-19)20-11-15-32-16-12-20/h1-16,25,33,35H,17H2,(H,34,36,37)/t25-/m1/s1. The summed E-state index contributed by atoms with van der Waals surface area (Å²) in [5.41, 5.74) is 5.50. The molecule has 2 aromatic carbocycles. The maximum Gasteiger partial charge on any atom is 0.181 e. The summed E-state index contributed by atoms with van der Waals surface area (Å²) < 4.78 is 13.5. The van der Waals surface area contributed by atoms with Gasteiger partial charge in [-0.2, -0.15) is 5.10 Å². The van der Waals surface area contributed by atoms with Crippen molar-refractivity contribution in [1.29, 1.82) is 0 Å². The van der Waals surface area contributed by atoms with Crippen LogP contribution in [0.2, 0.25) is 0 Å². The summed E-state index contributed by atoms with van der Waals surface area (Å²) >= 11 is 0. The van der Waals surface area contributed by atoms with Crippen LogP contribution in [0.1, 0.15) is 34.3 Å². The molecule has 0 unspecified atom stereocenters. The molecule has 0 saturated heterocycles. The highest BCUT2D eigenvalue weighted by Crippen LogP contribution is 2.46. The maximum atomic E-state index is 13.5. The van der Waals surface area contributed by atoms with Gasteiger partial charge in [-0.1, -0.05) is 18.2 Å². The van der Waals surface area contributed by atoms with Crippen molar-refractivity contribution in [3.8, 4) is 11.4 Å². The van der Waals surface area contributed by atoms with E-state index in [9.17, 15) is 4.39 Å². The number of pyridine rings is 2. The molecule has 0 bridgehead atoms. The van der Waals surface area contributed by atoms with Gasteiger partial charge in [-0.15, -0.1) is 0 Å². The number of benzene rings is 2. The van der Waals surface area contributed by atoms with Crippen LogP contribution in [-0.4, -0.2) is 30.1 Å². The van der Waals surface area contributed by atoms with Crippen LogP contribution >= 0.6 is 0 Å². The van der Waals surface area contributed by atoms with Crippen LogP contribution < -0.4 is 5.32 Å². The van der Waals surface area contributed by atoms with Gasteiger partial charge >= 0.3 is 0 Å². The second kappa shape index (κ2) is 8.46. The Morgan fingerprint density at radius 2 is 1.49 bits per heavy atom. The molecule has 0 fully saturated rings. The van der Waals surface area contributed by atoms with E-state index in [0.29, 0.717) is 18.1 Å². The van der Waals surface area contributed by atoms with Crippen LogP contribution in [0.25, 0.3) is 22.3 Å². The zero-order valence-corrected chi connectivity index (χ0v) is 19.7. The number of para-hydroxylation sites is 1. The number of aromatic nitrogens is 6. The summed E-state index contributed by atoms with van der Waals surface area (Å²) in [6.07, 6.45) is 7.95. The highest BCUT2D eigenvalue weighted by Gasteiger charge is 2.46. The quantitative estimate of drug-likeness (QED) is 0.323. The molecule has 0 amide bonds. The molecule has 7 rings (SSSR count). The third kappa shape index (κ3) is 3.45. The van der Waals surface area contributed by atoms with Crippen molar-refractivity contribution in [3.05, 3.63) is 132 Å². The molecule has 1 atom stereocenters. The van der Waals surface area contributed by atoms with Crippen molar-refractivity contribution >= 4 is 10.9 Å². The Labute approximate surface area is 211 Å². The SMILES string of the molecule is Fc1ccc(-c2n[nH]c([C@H]3Cc4c([nH]c5ccccc45)C(c4ccncc4)(c4ccncc4)N3)n2)cc1. The number of hydrogen-bond donors (Lipinski definition) is 3. The molecule has 7 nitrogen and oxygen atoms in total. The Bertz CT molecular complexity index is 1650. The lowest BCUT2D eigenvalue weighted by Gasteiger charge is -2.42. The molecular weight excluding hydrogens is 465 g/mol. The molecule has 37 heavy (non-hydrogen) atoms. The van der Waals surface area contributed by atoms with E-state index in [2.05, 4.69) is 48.7 Å². The van der Waals surface area contributed by atoms with Gasteiger partial charge in [-0.3, -0.25) is 20.4 Å². The van der Waals surface area contributed by atoms with Crippen molar-refractivity contribution in [2.45, 2.75) is 18.0 Å². The Morgan fingerprint density at radius 3 is 2.19 bits per heavy atom. The average Bonchev–Trinajstić information content (AvgIpc) is 3.60. The van der Waals surface area contributed by atoms with Crippen LogP contribution in [-0.2, 0) is 12.0 Å². The Morgan fingerprint density at radius 1 is 0.811 bits per heavy atom. The minimum absolute atomic E-state index is 0.185. The molecule has 0 spiro atoms. The molecule has 8 heteroatoms. The Hall–Kier alpha value is -4.69. The van der Waals surface area contributed by atoms with Gasteiger partial charge in [0.05, 0.1) is 6.04 Å². The van der Waals surface area contributed by atoms with Crippen molar-refractivity contribution in [2.24, 2.45) is 0 Å². The fraction of sp³-hybridized carbons (Fsp3) is 0.103. The van der Waals surface area contributed by atoms with E-state index in [1.165, 1.54) is 23.1 Å². The first-order chi connectivity index (χ1) is 18.2. The molecule has 180 valence electrons. The zero-order valence-electron chi connectivity index (χ0n) is 19.7. The third-order valence-electron chi connectivity index (χ3n) is 7.15. The molecule has 6 aromatic rings. The van der Waals surface area contributed by atoms with Gasteiger partial charge in [-0.25, -0.2) is 9.37 Å². The van der Waals surface area contributed by atoms with Gasteiger partial charge < -0.3 is 4.98 Å². The lowest BCUT2D eigenvalue weighted by atomic mass is 9.74.